The molecule has 0 aliphatic carbocycles. The van der Waals surface area contributed by atoms with Crippen LogP contribution in [0.25, 0.3) is 27.9 Å². The molecule has 4 aromatic heterocycles. The second-order valence-electron chi connectivity index (χ2n) is 10.3. The average Bonchev–Trinajstić information content (AvgIpc) is 3.49. The number of allylic oxidation sites excluding steroid dienone is 1. The predicted molar refractivity (Wildman–Crippen MR) is 153 cm³/mol. The van der Waals surface area contributed by atoms with E-state index in [9.17, 15) is 4.79 Å². The van der Waals surface area contributed by atoms with Gasteiger partial charge in [-0.15, -0.1) is 11.7 Å². The van der Waals surface area contributed by atoms with Gasteiger partial charge < -0.3 is 15.0 Å². The SMILES string of the molecule is C=CCn1c(=O)c2cnc(Nc3ccc4c(c3)nnn4C(C)C)nc2n1-c1cccc(OC2CCN(C)CC2)n1. The van der Waals surface area contributed by atoms with Crippen LogP contribution >= 0.6 is 0 Å². The van der Waals surface area contributed by atoms with Gasteiger partial charge in [0.15, 0.2) is 11.5 Å². The fourth-order valence-corrected chi connectivity index (χ4v) is 5.00. The van der Waals surface area contributed by atoms with Crippen molar-refractivity contribution >= 4 is 33.7 Å². The van der Waals surface area contributed by atoms with Gasteiger partial charge in [0.2, 0.25) is 11.8 Å². The van der Waals surface area contributed by atoms with Gasteiger partial charge in [0, 0.05) is 37.1 Å². The first-order chi connectivity index (χ1) is 19.4. The Balaban J connectivity index is 1.36. The molecule has 1 aliphatic heterocycles. The number of benzene rings is 1. The van der Waals surface area contributed by atoms with E-state index >= 15 is 0 Å². The maximum absolute atomic E-state index is 13.3. The number of rotatable bonds is 8. The van der Waals surface area contributed by atoms with Gasteiger partial charge in [-0.1, -0.05) is 17.4 Å². The zero-order chi connectivity index (χ0) is 27.8. The van der Waals surface area contributed by atoms with Gasteiger partial charge in [0.1, 0.15) is 17.0 Å². The molecule has 0 amide bonds. The number of anilines is 2. The molecule has 1 N–H and O–H groups in total. The standard InChI is InChI=1S/C28H32N10O2/c1-5-13-36-27(39)21-17-29-28(30-19-9-10-23-22(16-19)33-34-37(23)18(2)3)32-26(21)38(36)24-7-6-8-25(31-24)40-20-11-14-35(4)15-12-20/h5-10,16-18,20H,1,11-15H2,2-4H3,(H,29,30,32). The second kappa shape index (κ2) is 10.5. The van der Waals surface area contributed by atoms with Crippen LogP contribution in [0.3, 0.4) is 0 Å². The van der Waals surface area contributed by atoms with E-state index in [-0.39, 0.29) is 24.2 Å². The van der Waals surface area contributed by atoms with Gasteiger partial charge in [-0.2, -0.15) is 9.97 Å². The quantitative estimate of drug-likeness (QED) is 0.294. The molecule has 1 aliphatic rings. The highest BCUT2D eigenvalue weighted by molar-refractivity contribution is 5.81. The Kier molecular flexibility index (Phi) is 6.76. The van der Waals surface area contributed by atoms with Crippen LogP contribution in [-0.2, 0) is 6.54 Å². The number of pyridine rings is 1. The Morgan fingerprint density at radius 3 is 2.77 bits per heavy atom. The van der Waals surface area contributed by atoms with Gasteiger partial charge in [-0.05, 0) is 58.0 Å². The molecule has 1 fully saturated rings. The summed E-state index contributed by atoms with van der Waals surface area (Å²) in [4.78, 5) is 29.5. The molecule has 0 atom stereocenters. The summed E-state index contributed by atoms with van der Waals surface area (Å²) in [6.45, 7) is 10.2. The molecule has 6 rings (SSSR count). The van der Waals surface area contributed by atoms with Gasteiger partial charge in [0.25, 0.3) is 5.56 Å². The van der Waals surface area contributed by atoms with Crippen molar-refractivity contribution in [2.75, 3.05) is 25.5 Å². The first-order valence-corrected chi connectivity index (χ1v) is 13.5. The maximum atomic E-state index is 13.3. The lowest BCUT2D eigenvalue weighted by molar-refractivity contribution is 0.110. The molecule has 0 radical (unpaired) electrons. The van der Waals surface area contributed by atoms with Crippen LogP contribution in [0.4, 0.5) is 11.6 Å². The topological polar surface area (TPSA) is 121 Å². The van der Waals surface area contributed by atoms with E-state index in [1.165, 1.54) is 6.20 Å². The molecular weight excluding hydrogens is 508 g/mol. The molecular formula is C28H32N10O2. The third-order valence-corrected chi connectivity index (χ3v) is 7.07. The molecule has 5 aromatic rings. The molecule has 0 spiro atoms. The van der Waals surface area contributed by atoms with Crippen LogP contribution in [0.5, 0.6) is 5.88 Å². The van der Waals surface area contributed by atoms with Crippen molar-refractivity contribution in [1.82, 2.24) is 44.2 Å². The molecule has 0 saturated carbocycles. The van der Waals surface area contributed by atoms with Crippen LogP contribution in [0.15, 0.2) is 60.0 Å². The molecule has 206 valence electrons. The highest BCUT2D eigenvalue weighted by Crippen LogP contribution is 2.24. The van der Waals surface area contributed by atoms with Gasteiger partial charge in [-0.3, -0.25) is 4.79 Å². The van der Waals surface area contributed by atoms with Crippen LogP contribution in [0.1, 0.15) is 32.7 Å². The molecule has 0 unspecified atom stereocenters. The third kappa shape index (κ3) is 4.81. The minimum atomic E-state index is -0.225. The Morgan fingerprint density at radius 1 is 1.18 bits per heavy atom. The van der Waals surface area contributed by atoms with Gasteiger partial charge in [0.05, 0.1) is 12.1 Å². The number of nitrogens with zero attached hydrogens (tertiary/aromatic N) is 9. The van der Waals surface area contributed by atoms with Crippen LogP contribution in [-0.4, -0.2) is 70.5 Å². The Hall–Kier alpha value is -4.58. The molecule has 1 saturated heterocycles. The number of nitrogens with one attached hydrogen (secondary N) is 1. The Bertz CT molecular complexity index is 1740. The van der Waals surface area contributed by atoms with Crippen LogP contribution in [0, 0.1) is 0 Å². The number of likely N-dealkylation sites (tertiary alicyclic amines) is 1. The van der Waals surface area contributed by atoms with Crippen molar-refractivity contribution in [3.05, 3.63) is 65.6 Å². The predicted octanol–water partition coefficient (Wildman–Crippen LogP) is 3.71. The average molecular weight is 541 g/mol. The number of aromatic nitrogens is 8. The van der Waals surface area contributed by atoms with Gasteiger partial charge >= 0.3 is 0 Å². The Labute approximate surface area is 230 Å². The largest absolute Gasteiger partial charge is 0.474 e. The highest BCUT2D eigenvalue weighted by Gasteiger charge is 2.21. The number of fused-ring (bicyclic) bond motifs is 2. The molecule has 12 heteroatoms. The third-order valence-electron chi connectivity index (χ3n) is 7.07. The van der Waals surface area contributed by atoms with Gasteiger partial charge in [-0.25, -0.2) is 19.0 Å². The summed E-state index contributed by atoms with van der Waals surface area (Å²) in [6, 6.07) is 11.6. The van der Waals surface area contributed by atoms with Crippen molar-refractivity contribution in [1.29, 1.82) is 0 Å². The summed E-state index contributed by atoms with van der Waals surface area (Å²) < 4.78 is 11.3. The van der Waals surface area contributed by atoms with E-state index in [1.54, 1.807) is 15.4 Å². The van der Waals surface area contributed by atoms with Crippen molar-refractivity contribution in [2.45, 2.75) is 45.4 Å². The lowest BCUT2D eigenvalue weighted by atomic mass is 10.1. The normalized spacial score (nSPS) is 14.8. The number of hydrogen-bond donors (Lipinski definition) is 1. The van der Waals surface area contributed by atoms with E-state index in [0.717, 1.165) is 42.7 Å². The zero-order valence-electron chi connectivity index (χ0n) is 22.9. The summed E-state index contributed by atoms with van der Waals surface area (Å²) in [7, 11) is 2.12. The number of ether oxygens (including phenoxy) is 1. The summed E-state index contributed by atoms with van der Waals surface area (Å²) >= 11 is 0. The zero-order valence-corrected chi connectivity index (χ0v) is 22.9. The Morgan fingerprint density at radius 2 is 2.00 bits per heavy atom. The van der Waals surface area contributed by atoms with Crippen molar-refractivity contribution in [3.8, 4) is 11.7 Å². The second-order valence-corrected chi connectivity index (χ2v) is 10.3. The molecule has 12 nitrogen and oxygen atoms in total. The van der Waals surface area contributed by atoms with Crippen molar-refractivity contribution in [3.63, 3.8) is 0 Å². The van der Waals surface area contributed by atoms with E-state index in [1.807, 2.05) is 41.1 Å². The summed E-state index contributed by atoms with van der Waals surface area (Å²) in [5, 5.41) is 12.2. The number of hydrogen-bond acceptors (Lipinski definition) is 9. The van der Waals surface area contributed by atoms with Crippen molar-refractivity contribution < 1.29 is 4.74 Å². The summed E-state index contributed by atoms with van der Waals surface area (Å²) in [5.41, 5.74) is 2.67. The van der Waals surface area contributed by atoms with E-state index in [2.05, 4.69) is 53.0 Å². The molecule has 5 heterocycles. The minimum absolute atomic E-state index is 0.105. The lowest BCUT2D eigenvalue weighted by Crippen LogP contribution is -2.35. The first kappa shape index (κ1) is 25.7. The van der Waals surface area contributed by atoms with Crippen molar-refractivity contribution in [2.24, 2.45) is 0 Å². The van der Waals surface area contributed by atoms with Crippen LogP contribution in [0.2, 0.25) is 0 Å². The fourth-order valence-electron chi connectivity index (χ4n) is 5.00. The maximum Gasteiger partial charge on any atom is 0.278 e. The fraction of sp³-hybridized carbons (Fsp3) is 0.357. The molecule has 40 heavy (non-hydrogen) atoms. The summed E-state index contributed by atoms with van der Waals surface area (Å²) in [6.07, 6.45) is 5.20. The first-order valence-electron chi connectivity index (χ1n) is 13.5. The monoisotopic (exact) mass is 540 g/mol. The smallest absolute Gasteiger partial charge is 0.278 e. The highest BCUT2D eigenvalue weighted by atomic mass is 16.5. The number of piperidine rings is 1. The van der Waals surface area contributed by atoms with E-state index in [0.29, 0.717) is 28.7 Å². The van der Waals surface area contributed by atoms with Crippen LogP contribution < -0.4 is 15.6 Å². The molecule has 0 bridgehead atoms. The molecule has 1 aromatic carbocycles. The van der Waals surface area contributed by atoms with E-state index < -0.39 is 0 Å². The van der Waals surface area contributed by atoms with E-state index in [4.69, 9.17) is 14.7 Å². The minimum Gasteiger partial charge on any atom is -0.474 e. The summed E-state index contributed by atoms with van der Waals surface area (Å²) in [5.74, 6) is 1.38. The lowest BCUT2D eigenvalue weighted by Gasteiger charge is -2.29.